The van der Waals surface area contributed by atoms with Crippen LogP contribution in [0.4, 0.5) is 0 Å². The molecule has 1 aliphatic rings. The van der Waals surface area contributed by atoms with Gasteiger partial charge in [-0.1, -0.05) is 13.0 Å². The zero-order chi connectivity index (χ0) is 12.3. The number of nitrogens with zero attached hydrogens (tertiary/aromatic N) is 1. The van der Waals surface area contributed by atoms with E-state index in [-0.39, 0.29) is 0 Å². The molecule has 1 aromatic carbocycles. The Bertz CT molecular complexity index is 450. The zero-order valence-corrected chi connectivity index (χ0v) is 10.4. The van der Waals surface area contributed by atoms with Crippen LogP contribution in [0.3, 0.4) is 0 Å². The zero-order valence-electron chi connectivity index (χ0n) is 10.4. The van der Waals surface area contributed by atoms with Gasteiger partial charge in [0, 0.05) is 6.42 Å². The van der Waals surface area contributed by atoms with E-state index in [0.29, 0.717) is 0 Å². The highest BCUT2D eigenvalue weighted by Gasteiger charge is 2.33. The number of nitrogens with one attached hydrogen (secondary N) is 1. The number of benzene rings is 1. The van der Waals surface area contributed by atoms with E-state index >= 15 is 0 Å². The highest BCUT2D eigenvalue weighted by atomic mass is 16.5. The second kappa shape index (κ2) is 4.77. The van der Waals surface area contributed by atoms with Crippen molar-refractivity contribution in [2.75, 3.05) is 13.7 Å². The van der Waals surface area contributed by atoms with E-state index in [1.807, 2.05) is 13.0 Å². The summed E-state index contributed by atoms with van der Waals surface area (Å²) in [6.07, 6.45) is 2.61. The number of aryl methyl sites for hydroxylation is 1. The van der Waals surface area contributed by atoms with Crippen molar-refractivity contribution < 1.29 is 4.74 Å². The summed E-state index contributed by atoms with van der Waals surface area (Å²) in [5.74, 6) is 0.869. The molecule has 0 bridgehead atoms. The number of hydrogen-bond donors (Lipinski definition) is 1. The van der Waals surface area contributed by atoms with Gasteiger partial charge in [-0.25, -0.2) is 0 Å². The molecular weight excluding hydrogens is 212 g/mol. The summed E-state index contributed by atoms with van der Waals surface area (Å²) in [5, 5.41) is 12.7. The van der Waals surface area contributed by atoms with Gasteiger partial charge in [0.1, 0.15) is 11.3 Å². The monoisotopic (exact) mass is 230 g/mol. The predicted octanol–water partition coefficient (Wildman–Crippen LogP) is 2.06. The minimum atomic E-state index is -0.395. The van der Waals surface area contributed by atoms with Gasteiger partial charge in [-0.05, 0) is 42.6 Å². The van der Waals surface area contributed by atoms with Crippen LogP contribution in [-0.2, 0) is 12.8 Å². The number of methoxy groups -OCH3 is 1. The van der Waals surface area contributed by atoms with Crippen molar-refractivity contribution in [2.24, 2.45) is 0 Å². The predicted molar refractivity (Wildman–Crippen MR) is 67.0 cm³/mol. The normalized spacial score (nSPS) is 22.6. The molecule has 0 saturated heterocycles. The van der Waals surface area contributed by atoms with Gasteiger partial charge in [-0.15, -0.1) is 0 Å². The van der Waals surface area contributed by atoms with Crippen molar-refractivity contribution in [1.29, 1.82) is 5.26 Å². The Hall–Kier alpha value is -1.53. The fourth-order valence-electron chi connectivity index (χ4n) is 2.52. The molecule has 0 saturated carbocycles. The van der Waals surface area contributed by atoms with Crippen LogP contribution in [0.25, 0.3) is 0 Å². The third-order valence-electron chi connectivity index (χ3n) is 3.46. The lowest BCUT2D eigenvalue weighted by molar-refractivity contribution is 0.371. The molecule has 0 spiro atoms. The molecule has 1 unspecified atom stereocenters. The Labute approximate surface area is 102 Å². The largest absolute Gasteiger partial charge is 0.497 e. The molecule has 1 N–H and O–H groups in total. The van der Waals surface area contributed by atoms with Crippen LogP contribution in [0.15, 0.2) is 18.2 Å². The van der Waals surface area contributed by atoms with Crippen molar-refractivity contribution >= 4 is 0 Å². The Morgan fingerprint density at radius 2 is 2.29 bits per heavy atom. The highest BCUT2D eigenvalue weighted by Crippen LogP contribution is 2.30. The lowest BCUT2D eigenvalue weighted by Gasteiger charge is -2.33. The molecule has 0 aliphatic heterocycles. The fourth-order valence-corrected chi connectivity index (χ4v) is 2.52. The second-order valence-corrected chi connectivity index (χ2v) is 4.54. The topological polar surface area (TPSA) is 45.0 Å². The van der Waals surface area contributed by atoms with E-state index in [1.54, 1.807) is 7.11 Å². The van der Waals surface area contributed by atoms with Crippen LogP contribution in [0, 0.1) is 11.3 Å². The Balaban J connectivity index is 2.30. The van der Waals surface area contributed by atoms with Gasteiger partial charge in [0.15, 0.2) is 0 Å². The van der Waals surface area contributed by atoms with Gasteiger partial charge in [0.05, 0.1) is 13.2 Å². The summed E-state index contributed by atoms with van der Waals surface area (Å²) in [6, 6.07) is 8.60. The first-order valence-electron chi connectivity index (χ1n) is 6.05. The van der Waals surface area contributed by atoms with Crippen LogP contribution < -0.4 is 10.1 Å². The molecule has 90 valence electrons. The van der Waals surface area contributed by atoms with Gasteiger partial charge >= 0.3 is 0 Å². The SMILES string of the molecule is CCNC1(C#N)CCc2ccc(OC)cc2C1. The summed E-state index contributed by atoms with van der Waals surface area (Å²) in [7, 11) is 1.67. The molecule has 3 nitrogen and oxygen atoms in total. The van der Waals surface area contributed by atoms with Gasteiger partial charge < -0.3 is 4.74 Å². The van der Waals surface area contributed by atoms with E-state index in [9.17, 15) is 5.26 Å². The molecule has 3 heteroatoms. The van der Waals surface area contributed by atoms with Crippen molar-refractivity contribution in [3.8, 4) is 11.8 Å². The maximum atomic E-state index is 9.38. The molecule has 1 aliphatic carbocycles. The van der Waals surface area contributed by atoms with E-state index in [0.717, 1.165) is 31.6 Å². The summed E-state index contributed by atoms with van der Waals surface area (Å²) in [4.78, 5) is 0. The molecule has 0 aromatic heterocycles. The quantitative estimate of drug-likeness (QED) is 0.864. The summed E-state index contributed by atoms with van der Waals surface area (Å²) in [5.41, 5.74) is 2.18. The lowest BCUT2D eigenvalue weighted by Crippen LogP contribution is -2.48. The van der Waals surface area contributed by atoms with Crippen LogP contribution in [0.1, 0.15) is 24.5 Å². The van der Waals surface area contributed by atoms with Crippen molar-refractivity contribution in [2.45, 2.75) is 31.7 Å². The number of hydrogen-bond acceptors (Lipinski definition) is 3. The van der Waals surface area contributed by atoms with Crippen molar-refractivity contribution in [3.63, 3.8) is 0 Å². The van der Waals surface area contributed by atoms with E-state index in [2.05, 4.69) is 23.5 Å². The van der Waals surface area contributed by atoms with Crippen molar-refractivity contribution in [3.05, 3.63) is 29.3 Å². The molecule has 0 heterocycles. The highest BCUT2D eigenvalue weighted by molar-refractivity contribution is 5.40. The first kappa shape index (κ1) is 11.9. The van der Waals surface area contributed by atoms with E-state index in [1.165, 1.54) is 11.1 Å². The molecule has 1 aromatic rings. The molecule has 0 amide bonds. The average Bonchev–Trinajstić information content (AvgIpc) is 2.38. The minimum Gasteiger partial charge on any atom is -0.497 e. The molecule has 0 radical (unpaired) electrons. The first-order valence-corrected chi connectivity index (χ1v) is 6.05. The minimum absolute atomic E-state index is 0.395. The van der Waals surface area contributed by atoms with Crippen LogP contribution in [-0.4, -0.2) is 19.2 Å². The summed E-state index contributed by atoms with van der Waals surface area (Å²) >= 11 is 0. The third kappa shape index (κ3) is 2.27. The van der Waals surface area contributed by atoms with Crippen LogP contribution >= 0.6 is 0 Å². The second-order valence-electron chi connectivity index (χ2n) is 4.54. The van der Waals surface area contributed by atoms with E-state index < -0.39 is 5.54 Å². The van der Waals surface area contributed by atoms with Crippen LogP contribution in [0.5, 0.6) is 5.75 Å². The summed E-state index contributed by atoms with van der Waals surface area (Å²) < 4.78 is 5.24. The van der Waals surface area contributed by atoms with Gasteiger partial charge in [-0.2, -0.15) is 5.26 Å². The number of nitriles is 1. The maximum Gasteiger partial charge on any atom is 0.119 e. The number of fused-ring (bicyclic) bond motifs is 1. The Kier molecular flexibility index (Phi) is 3.35. The van der Waals surface area contributed by atoms with Crippen LogP contribution in [0.2, 0.25) is 0 Å². The van der Waals surface area contributed by atoms with E-state index in [4.69, 9.17) is 4.74 Å². The number of rotatable bonds is 3. The molecule has 17 heavy (non-hydrogen) atoms. The third-order valence-corrected chi connectivity index (χ3v) is 3.46. The number of ether oxygens (including phenoxy) is 1. The lowest BCUT2D eigenvalue weighted by atomic mass is 9.78. The molecular formula is C14H18N2O. The fraction of sp³-hybridized carbons (Fsp3) is 0.500. The van der Waals surface area contributed by atoms with Gasteiger partial charge in [-0.3, -0.25) is 5.32 Å². The average molecular weight is 230 g/mol. The molecule has 2 rings (SSSR count). The molecule has 1 atom stereocenters. The first-order chi connectivity index (χ1) is 8.23. The Morgan fingerprint density at radius 1 is 1.47 bits per heavy atom. The standard InChI is InChI=1S/C14H18N2O/c1-3-16-14(10-15)7-6-11-4-5-13(17-2)8-12(11)9-14/h4-5,8,16H,3,6-7,9H2,1-2H3. The summed E-state index contributed by atoms with van der Waals surface area (Å²) in [6.45, 7) is 2.87. The Morgan fingerprint density at radius 3 is 2.94 bits per heavy atom. The maximum absolute atomic E-state index is 9.38. The molecule has 0 fully saturated rings. The smallest absolute Gasteiger partial charge is 0.119 e. The van der Waals surface area contributed by atoms with Gasteiger partial charge in [0.25, 0.3) is 0 Å². The van der Waals surface area contributed by atoms with Gasteiger partial charge in [0.2, 0.25) is 0 Å². The number of likely N-dealkylation sites (N-methyl/N-ethyl adjacent to an activating group) is 1. The van der Waals surface area contributed by atoms with Crippen molar-refractivity contribution in [1.82, 2.24) is 5.32 Å².